The molecule has 31 heavy (non-hydrogen) atoms. The van der Waals surface area contributed by atoms with Gasteiger partial charge in [0.1, 0.15) is 18.2 Å². The van der Waals surface area contributed by atoms with Crippen molar-refractivity contribution in [1.82, 2.24) is 0 Å². The molecule has 0 saturated heterocycles. The first-order valence-corrected chi connectivity index (χ1v) is 10.9. The number of aryl methyl sites for hydroxylation is 3. The first kappa shape index (κ1) is 18.4. The van der Waals surface area contributed by atoms with E-state index in [0.717, 1.165) is 11.2 Å². The van der Waals surface area contributed by atoms with Crippen LogP contribution >= 0.6 is 0 Å². The Morgan fingerprint density at radius 1 is 0.839 bits per heavy atom. The highest BCUT2D eigenvalue weighted by Gasteiger charge is 2.38. The van der Waals surface area contributed by atoms with Gasteiger partial charge in [-0.2, -0.15) is 0 Å². The largest absolute Gasteiger partial charge is 0.455 e. The van der Waals surface area contributed by atoms with Crippen LogP contribution in [0.15, 0.2) is 71.3 Å². The van der Waals surface area contributed by atoms with Crippen molar-refractivity contribution in [2.75, 3.05) is 0 Å². The molecule has 6 rings (SSSR count). The van der Waals surface area contributed by atoms with E-state index in [2.05, 4.69) is 106 Å². The van der Waals surface area contributed by atoms with Gasteiger partial charge in [0.15, 0.2) is 6.20 Å². The molecule has 0 bridgehead atoms. The van der Waals surface area contributed by atoms with Crippen LogP contribution in [0.25, 0.3) is 44.3 Å². The highest BCUT2D eigenvalue weighted by atomic mass is 16.3. The van der Waals surface area contributed by atoms with Crippen LogP contribution in [0.2, 0.25) is 0 Å². The summed E-state index contributed by atoms with van der Waals surface area (Å²) < 4.78 is 8.81. The zero-order valence-corrected chi connectivity index (χ0v) is 18.7. The molecule has 0 saturated carbocycles. The minimum absolute atomic E-state index is 0.0676. The molecule has 0 atom stereocenters. The maximum absolute atomic E-state index is 6.61. The predicted molar refractivity (Wildman–Crippen MR) is 127 cm³/mol. The second-order valence-corrected chi connectivity index (χ2v) is 9.47. The molecule has 152 valence electrons. The van der Waals surface area contributed by atoms with Crippen LogP contribution in [0.4, 0.5) is 0 Å². The smallest absolute Gasteiger partial charge is 0.216 e. The molecule has 2 aromatic heterocycles. The molecule has 2 heteroatoms. The van der Waals surface area contributed by atoms with Gasteiger partial charge in [0.2, 0.25) is 5.69 Å². The van der Waals surface area contributed by atoms with Crippen molar-refractivity contribution in [3.8, 4) is 22.4 Å². The van der Waals surface area contributed by atoms with Gasteiger partial charge in [-0.05, 0) is 53.8 Å². The first-order valence-electron chi connectivity index (χ1n) is 10.9. The predicted octanol–water partition coefficient (Wildman–Crippen LogP) is 7.00. The highest BCUT2D eigenvalue weighted by Crippen LogP contribution is 2.53. The van der Waals surface area contributed by atoms with Crippen LogP contribution in [0, 0.1) is 13.8 Å². The van der Waals surface area contributed by atoms with Gasteiger partial charge in [-0.25, -0.2) is 4.57 Å². The third kappa shape index (κ3) is 2.36. The number of hydrogen-bond donors (Lipinski definition) is 0. The molecule has 1 aliphatic rings. The molecule has 0 aliphatic heterocycles. The van der Waals surface area contributed by atoms with E-state index >= 15 is 0 Å². The molecular formula is C29H26NO+. The number of aromatic nitrogens is 1. The topological polar surface area (TPSA) is 17.0 Å². The van der Waals surface area contributed by atoms with E-state index in [1.54, 1.807) is 0 Å². The molecule has 0 spiro atoms. The second-order valence-electron chi connectivity index (χ2n) is 9.47. The quantitative estimate of drug-likeness (QED) is 0.275. The zero-order valence-electron chi connectivity index (χ0n) is 18.7. The molecule has 5 aromatic rings. The Balaban J connectivity index is 1.75. The van der Waals surface area contributed by atoms with Gasteiger partial charge < -0.3 is 4.42 Å². The van der Waals surface area contributed by atoms with E-state index in [0.29, 0.717) is 0 Å². The van der Waals surface area contributed by atoms with Gasteiger partial charge in [0.05, 0.1) is 5.56 Å². The summed E-state index contributed by atoms with van der Waals surface area (Å²) >= 11 is 0. The van der Waals surface area contributed by atoms with E-state index in [9.17, 15) is 0 Å². The van der Waals surface area contributed by atoms with Crippen LogP contribution in [0.3, 0.4) is 0 Å². The van der Waals surface area contributed by atoms with E-state index in [4.69, 9.17) is 4.42 Å². The van der Waals surface area contributed by atoms with E-state index in [1.165, 1.54) is 55.4 Å². The van der Waals surface area contributed by atoms with Crippen LogP contribution in [0.5, 0.6) is 0 Å². The van der Waals surface area contributed by atoms with Gasteiger partial charge in [0, 0.05) is 27.8 Å². The van der Waals surface area contributed by atoms with Crippen LogP contribution < -0.4 is 4.57 Å². The van der Waals surface area contributed by atoms with Crippen molar-refractivity contribution >= 4 is 21.9 Å². The maximum Gasteiger partial charge on any atom is 0.216 e. The fourth-order valence-corrected chi connectivity index (χ4v) is 5.63. The SMILES string of the molecule is Cc1ccc(-c2c(C)ccc3c2oc2ccc4c(c23)C(C)(C)c2ccccc2-4)[n+](C)c1. The Kier molecular flexibility index (Phi) is 3.60. The average molecular weight is 405 g/mol. The summed E-state index contributed by atoms with van der Waals surface area (Å²) in [7, 11) is 2.11. The lowest BCUT2D eigenvalue weighted by molar-refractivity contribution is -0.660. The van der Waals surface area contributed by atoms with Crippen molar-refractivity contribution < 1.29 is 8.98 Å². The van der Waals surface area contributed by atoms with E-state index in [-0.39, 0.29) is 5.41 Å². The normalized spacial score (nSPS) is 14.2. The van der Waals surface area contributed by atoms with Crippen LogP contribution in [-0.4, -0.2) is 0 Å². The third-order valence-electron chi connectivity index (χ3n) is 7.07. The molecule has 0 unspecified atom stereocenters. The van der Waals surface area contributed by atoms with Crippen molar-refractivity contribution in [2.45, 2.75) is 33.1 Å². The summed E-state index contributed by atoms with van der Waals surface area (Å²) in [4.78, 5) is 0. The molecule has 2 heterocycles. The standard InChI is InChI=1S/C29H26NO/c1-17-10-14-23(30(5)16-17)25-18(2)11-12-21-26-24(31-28(21)25)15-13-20-19-8-6-7-9-22(19)29(3,4)27(20)26/h6-16H,1-5H3/q+1. The lowest BCUT2D eigenvalue weighted by Crippen LogP contribution is -2.31. The third-order valence-corrected chi connectivity index (χ3v) is 7.07. The van der Waals surface area contributed by atoms with Crippen molar-refractivity contribution in [2.24, 2.45) is 7.05 Å². The molecule has 0 amide bonds. The van der Waals surface area contributed by atoms with Gasteiger partial charge >= 0.3 is 0 Å². The summed E-state index contributed by atoms with van der Waals surface area (Å²) in [6.07, 6.45) is 2.17. The number of pyridine rings is 1. The molecular weight excluding hydrogens is 378 g/mol. The Morgan fingerprint density at radius 3 is 2.45 bits per heavy atom. The van der Waals surface area contributed by atoms with Crippen LogP contribution in [0.1, 0.15) is 36.1 Å². The Labute approximate surface area is 182 Å². The second kappa shape index (κ2) is 6.07. The number of fused-ring (bicyclic) bond motifs is 7. The number of nitrogens with zero attached hydrogens (tertiary/aromatic N) is 1. The molecule has 0 radical (unpaired) electrons. The van der Waals surface area contributed by atoms with Crippen molar-refractivity contribution in [3.05, 3.63) is 89.1 Å². The first-order chi connectivity index (χ1) is 14.9. The fraction of sp³-hybridized carbons (Fsp3) is 0.207. The lowest BCUT2D eigenvalue weighted by atomic mass is 9.80. The maximum atomic E-state index is 6.61. The number of furan rings is 1. The number of hydrogen-bond acceptors (Lipinski definition) is 1. The van der Waals surface area contributed by atoms with Gasteiger partial charge in [-0.3, -0.25) is 0 Å². The number of benzene rings is 3. The summed E-state index contributed by atoms with van der Waals surface area (Å²) in [5.74, 6) is 0. The van der Waals surface area contributed by atoms with E-state index < -0.39 is 0 Å². The fourth-order valence-electron chi connectivity index (χ4n) is 5.63. The number of rotatable bonds is 1. The average Bonchev–Trinajstić information content (AvgIpc) is 3.22. The molecule has 3 aromatic carbocycles. The van der Waals surface area contributed by atoms with Crippen LogP contribution in [-0.2, 0) is 12.5 Å². The molecule has 1 aliphatic carbocycles. The molecule has 2 nitrogen and oxygen atoms in total. The minimum Gasteiger partial charge on any atom is -0.455 e. The lowest BCUT2D eigenvalue weighted by Gasteiger charge is -2.22. The van der Waals surface area contributed by atoms with Gasteiger partial charge in [-0.1, -0.05) is 56.3 Å². The Morgan fingerprint density at radius 2 is 1.65 bits per heavy atom. The summed E-state index contributed by atoms with van der Waals surface area (Å²) in [6, 6.07) is 22.1. The van der Waals surface area contributed by atoms with Gasteiger partial charge in [-0.15, -0.1) is 0 Å². The Hall–Kier alpha value is -3.39. The van der Waals surface area contributed by atoms with Crippen molar-refractivity contribution in [3.63, 3.8) is 0 Å². The Bertz CT molecular complexity index is 1530. The van der Waals surface area contributed by atoms with E-state index in [1.807, 2.05) is 0 Å². The van der Waals surface area contributed by atoms with Gasteiger partial charge in [0.25, 0.3) is 0 Å². The molecule has 0 fully saturated rings. The highest BCUT2D eigenvalue weighted by molar-refractivity contribution is 6.14. The van der Waals surface area contributed by atoms with Crippen molar-refractivity contribution in [1.29, 1.82) is 0 Å². The zero-order chi connectivity index (χ0) is 21.5. The minimum atomic E-state index is -0.0676. The molecule has 0 N–H and O–H groups in total. The summed E-state index contributed by atoms with van der Waals surface area (Å²) in [5, 5.41) is 2.46. The summed E-state index contributed by atoms with van der Waals surface area (Å²) in [6.45, 7) is 8.98. The monoisotopic (exact) mass is 404 g/mol. The summed E-state index contributed by atoms with van der Waals surface area (Å²) in [5.41, 5.74) is 12.2.